The van der Waals surface area contributed by atoms with Crippen molar-refractivity contribution in [1.82, 2.24) is 20.6 Å². The molecule has 31 heavy (non-hydrogen) atoms. The Morgan fingerprint density at radius 2 is 1.94 bits per heavy atom. The molecule has 6 N–H and O–H groups in total. The van der Waals surface area contributed by atoms with Crippen LogP contribution in [0.1, 0.15) is 35.3 Å². The number of nitrogens with zero attached hydrogens (tertiary/aromatic N) is 2. The number of carboxylic acids is 1. The van der Waals surface area contributed by atoms with Crippen LogP contribution < -0.4 is 16.4 Å². The summed E-state index contributed by atoms with van der Waals surface area (Å²) in [6, 6.07) is 3.01. The largest absolute Gasteiger partial charge is 0.480 e. The summed E-state index contributed by atoms with van der Waals surface area (Å²) in [7, 11) is 0. The molecule has 1 heterocycles. The molecule has 166 valence electrons. The van der Waals surface area contributed by atoms with Crippen molar-refractivity contribution in [3.63, 3.8) is 0 Å². The van der Waals surface area contributed by atoms with E-state index in [0.717, 1.165) is 5.69 Å². The fraction of sp³-hybridized carbons (Fsp3) is 0.368. The second-order valence-electron chi connectivity index (χ2n) is 6.84. The van der Waals surface area contributed by atoms with Gasteiger partial charge in [-0.1, -0.05) is 0 Å². The van der Waals surface area contributed by atoms with E-state index in [1.54, 1.807) is 6.20 Å². The first kappa shape index (κ1) is 23.5. The fourth-order valence-electron chi connectivity index (χ4n) is 2.78. The molecule has 0 spiro atoms. The molecule has 2 rings (SSSR count). The van der Waals surface area contributed by atoms with Crippen molar-refractivity contribution in [2.75, 3.05) is 6.54 Å². The summed E-state index contributed by atoms with van der Waals surface area (Å²) >= 11 is 0. The summed E-state index contributed by atoms with van der Waals surface area (Å²) in [5, 5.41) is 25.1. The number of non-ortho nitro benzene ring substituents is 1. The molecule has 2 amide bonds. The lowest BCUT2D eigenvalue weighted by Crippen LogP contribution is -2.42. The topological polar surface area (TPSA) is 193 Å². The van der Waals surface area contributed by atoms with Crippen molar-refractivity contribution in [2.24, 2.45) is 5.73 Å². The number of nitrogens with two attached hydrogens (primary N) is 1. The number of benzene rings is 1. The standard InChI is InChI=1S/C19H24N6O6/c20-15(9-13-10-21-11-23-13)18(27)22-8-2-1-3-16(19(28)29)24-17(26)12-4-6-14(7-5-12)25(30)31/h4-7,10-11,15-16H,1-3,8-9,20H2,(H,21,23)(H,22,27)(H,24,26)(H,28,29)/t15-,16+/m0/s1. The number of hydrogen-bond acceptors (Lipinski definition) is 7. The van der Waals surface area contributed by atoms with Crippen LogP contribution >= 0.6 is 0 Å². The number of nitro groups is 1. The third-order valence-electron chi connectivity index (χ3n) is 4.49. The number of imidazole rings is 1. The Morgan fingerprint density at radius 1 is 1.23 bits per heavy atom. The maximum atomic E-state index is 12.2. The minimum absolute atomic E-state index is 0.121. The number of hydrogen-bond donors (Lipinski definition) is 5. The SMILES string of the molecule is N[C@@H](Cc1cnc[nH]1)C(=O)NCCCC[C@@H](NC(=O)c1ccc([N+](=O)[O-])cc1)C(=O)O. The van der Waals surface area contributed by atoms with Gasteiger partial charge in [0.25, 0.3) is 11.6 Å². The number of amides is 2. The van der Waals surface area contributed by atoms with E-state index >= 15 is 0 Å². The van der Waals surface area contributed by atoms with E-state index in [4.69, 9.17) is 5.73 Å². The first-order chi connectivity index (χ1) is 14.8. The number of carbonyl (C=O) groups excluding carboxylic acids is 2. The Hall–Kier alpha value is -3.80. The van der Waals surface area contributed by atoms with Crippen molar-refractivity contribution in [3.05, 3.63) is 58.2 Å². The summed E-state index contributed by atoms with van der Waals surface area (Å²) in [5.74, 6) is -2.16. The van der Waals surface area contributed by atoms with E-state index < -0.39 is 28.9 Å². The molecule has 0 bridgehead atoms. The van der Waals surface area contributed by atoms with Crippen LogP contribution in [0.15, 0.2) is 36.8 Å². The quantitative estimate of drug-likeness (QED) is 0.180. The van der Waals surface area contributed by atoms with Crippen LogP contribution in [-0.4, -0.2) is 56.4 Å². The third-order valence-corrected chi connectivity index (χ3v) is 4.49. The van der Waals surface area contributed by atoms with Crippen molar-refractivity contribution >= 4 is 23.5 Å². The summed E-state index contributed by atoms with van der Waals surface area (Å²) < 4.78 is 0. The first-order valence-electron chi connectivity index (χ1n) is 9.56. The van der Waals surface area contributed by atoms with E-state index in [-0.39, 0.29) is 23.6 Å². The molecule has 0 aliphatic rings. The second kappa shape index (κ2) is 11.4. The highest BCUT2D eigenvalue weighted by molar-refractivity contribution is 5.96. The van der Waals surface area contributed by atoms with Crippen molar-refractivity contribution in [2.45, 2.75) is 37.8 Å². The predicted octanol–water partition coefficient (Wildman–Crippen LogP) is 0.357. The van der Waals surface area contributed by atoms with Crippen LogP contribution in [0.4, 0.5) is 5.69 Å². The molecule has 2 aromatic rings. The lowest BCUT2D eigenvalue weighted by atomic mass is 10.1. The Bertz CT molecular complexity index is 899. The summed E-state index contributed by atoms with van der Waals surface area (Å²) in [4.78, 5) is 52.4. The lowest BCUT2D eigenvalue weighted by Gasteiger charge is -2.15. The van der Waals surface area contributed by atoms with Gasteiger partial charge in [-0.25, -0.2) is 9.78 Å². The second-order valence-corrected chi connectivity index (χ2v) is 6.84. The Kier molecular flexibility index (Phi) is 8.64. The Morgan fingerprint density at radius 3 is 2.52 bits per heavy atom. The molecule has 0 aliphatic carbocycles. The molecule has 0 fully saturated rings. The average molecular weight is 432 g/mol. The molecular formula is C19H24N6O6. The summed E-state index contributed by atoms with van der Waals surface area (Å²) in [6.45, 7) is 0.318. The van der Waals surface area contributed by atoms with Gasteiger partial charge in [0.1, 0.15) is 6.04 Å². The van der Waals surface area contributed by atoms with Crippen LogP contribution in [0.25, 0.3) is 0 Å². The van der Waals surface area contributed by atoms with Gasteiger partial charge in [0.05, 0.1) is 17.3 Å². The highest BCUT2D eigenvalue weighted by atomic mass is 16.6. The summed E-state index contributed by atoms with van der Waals surface area (Å²) in [5.41, 5.74) is 6.52. The molecule has 0 radical (unpaired) electrons. The summed E-state index contributed by atoms with van der Waals surface area (Å²) in [6.07, 6.45) is 4.50. The highest BCUT2D eigenvalue weighted by Crippen LogP contribution is 2.12. The van der Waals surface area contributed by atoms with Crippen LogP contribution in [0.2, 0.25) is 0 Å². The van der Waals surface area contributed by atoms with Crippen molar-refractivity contribution in [3.8, 4) is 0 Å². The van der Waals surface area contributed by atoms with Gasteiger partial charge in [-0.2, -0.15) is 0 Å². The molecule has 0 saturated heterocycles. The van der Waals surface area contributed by atoms with Gasteiger partial charge in [-0.15, -0.1) is 0 Å². The molecular weight excluding hydrogens is 408 g/mol. The van der Waals surface area contributed by atoms with Crippen LogP contribution in [-0.2, 0) is 16.0 Å². The van der Waals surface area contributed by atoms with Gasteiger partial charge in [-0.05, 0) is 31.4 Å². The number of aromatic amines is 1. The molecule has 1 aromatic carbocycles. The third kappa shape index (κ3) is 7.51. The van der Waals surface area contributed by atoms with Gasteiger partial charge >= 0.3 is 5.97 Å². The minimum atomic E-state index is -1.19. The number of nitro benzene ring substituents is 1. The van der Waals surface area contributed by atoms with Gasteiger partial charge in [0, 0.05) is 42.6 Å². The van der Waals surface area contributed by atoms with Crippen molar-refractivity contribution < 1.29 is 24.4 Å². The average Bonchev–Trinajstić information content (AvgIpc) is 3.25. The number of nitrogens with one attached hydrogen (secondary N) is 3. The zero-order valence-corrected chi connectivity index (χ0v) is 16.6. The molecule has 1 aromatic heterocycles. The zero-order valence-electron chi connectivity index (χ0n) is 16.6. The van der Waals surface area contributed by atoms with Crippen LogP contribution in [0.5, 0.6) is 0 Å². The molecule has 0 saturated carbocycles. The number of rotatable bonds is 12. The molecule has 12 nitrogen and oxygen atoms in total. The molecule has 0 aliphatic heterocycles. The van der Waals surface area contributed by atoms with Gasteiger partial charge in [0.15, 0.2) is 0 Å². The van der Waals surface area contributed by atoms with E-state index in [1.165, 1.54) is 30.6 Å². The number of H-pyrrole nitrogens is 1. The van der Waals surface area contributed by atoms with E-state index in [0.29, 0.717) is 25.8 Å². The maximum Gasteiger partial charge on any atom is 0.326 e. The predicted molar refractivity (Wildman–Crippen MR) is 109 cm³/mol. The van der Waals surface area contributed by atoms with Crippen LogP contribution in [0.3, 0.4) is 0 Å². The zero-order chi connectivity index (χ0) is 22.8. The molecule has 0 unspecified atom stereocenters. The smallest absolute Gasteiger partial charge is 0.326 e. The van der Waals surface area contributed by atoms with E-state index in [9.17, 15) is 29.6 Å². The number of carboxylic acid groups (broad SMARTS) is 1. The molecule has 12 heteroatoms. The number of aliphatic carboxylic acids is 1. The normalized spacial score (nSPS) is 12.5. The van der Waals surface area contributed by atoms with Gasteiger partial charge < -0.3 is 26.5 Å². The minimum Gasteiger partial charge on any atom is -0.480 e. The Labute approximate surface area is 177 Å². The molecule has 2 atom stereocenters. The van der Waals surface area contributed by atoms with Crippen LogP contribution in [0, 0.1) is 10.1 Å². The number of aromatic nitrogens is 2. The number of carbonyl (C=O) groups is 3. The van der Waals surface area contributed by atoms with Crippen molar-refractivity contribution in [1.29, 1.82) is 0 Å². The van der Waals surface area contributed by atoms with Gasteiger partial charge in [0.2, 0.25) is 5.91 Å². The first-order valence-corrected chi connectivity index (χ1v) is 9.56. The maximum absolute atomic E-state index is 12.2. The van der Waals surface area contributed by atoms with E-state index in [1.807, 2.05) is 0 Å². The Balaban J connectivity index is 1.73. The fourth-order valence-corrected chi connectivity index (χ4v) is 2.78. The highest BCUT2D eigenvalue weighted by Gasteiger charge is 2.21. The van der Waals surface area contributed by atoms with E-state index in [2.05, 4.69) is 20.6 Å². The lowest BCUT2D eigenvalue weighted by molar-refractivity contribution is -0.384. The monoisotopic (exact) mass is 432 g/mol. The number of unbranched alkanes of at least 4 members (excludes halogenated alkanes) is 1. The van der Waals surface area contributed by atoms with Gasteiger partial charge in [-0.3, -0.25) is 19.7 Å².